The average Bonchev–Trinajstić information content (AvgIpc) is 2.98. The standard InChI is InChI=1S/C14H17N5S/c1-9(7-11-4-3-10(2)20-11)17-13-14-16-5-6-19(14)8-12(15)18-13/h3-6,8-9H,7,15H2,1-2H3,(H,17,18). The third-order valence-corrected chi connectivity index (χ3v) is 4.10. The quantitative estimate of drug-likeness (QED) is 0.774. The molecule has 104 valence electrons. The summed E-state index contributed by atoms with van der Waals surface area (Å²) in [6.45, 7) is 4.26. The molecule has 0 aliphatic carbocycles. The summed E-state index contributed by atoms with van der Waals surface area (Å²) in [6.07, 6.45) is 6.34. The zero-order valence-corrected chi connectivity index (χ0v) is 12.3. The number of hydrogen-bond donors (Lipinski definition) is 2. The Hall–Kier alpha value is -2.08. The molecule has 0 bridgehead atoms. The molecule has 0 aromatic carbocycles. The van der Waals surface area contributed by atoms with Gasteiger partial charge in [-0.1, -0.05) is 0 Å². The number of aryl methyl sites for hydroxylation is 1. The zero-order valence-electron chi connectivity index (χ0n) is 11.5. The molecule has 3 aromatic rings. The molecule has 20 heavy (non-hydrogen) atoms. The highest BCUT2D eigenvalue weighted by molar-refractivity contribution is 7.11. The number of aromatic nitrogens is 3. The van der Waals surface area contributed by atoms with E-state index in [0.717, 1.165) is 17.9 Å². The molecule has 0 spiro atoms. The second-order valence-electron chi connectivity index (χ2n) is 4.93. The van der Waals surface area contributed by atoms with E-state index in [-0.39, 0.29) is 6.04 Å². The van der Waals surface area contributed by atoms with Gasteiger partial charge in [0.25, 0.3) is 0 Å². The maximum atomic E-state index is 5.82. The van der Waals surface area contributed by atoms with Crippen LogP contribution in [0.1, 0.15) is 16.7 Å². The van der Waals surface area contributed by atoms with Crippen LogP contribution in [-0.4, -0.2) is 20.4 Å². The van der Waals surface area contributed by atoms with Crippen LogP contribution in [0.2, 0.25) is 0 Å². The van der Waals surface area contributed by atoms with Crippen LogP contribution in [0.3, 0.4) is 0 Å². The lowest BCUT2D eigenvalue weighted by atomic mass is 10.2. The number of rotatable bonds is 4. The molecule has 3 aromatic heterocycles. The SMILES string of the molecule is Cc1ccc(CC(C)Nc2nc(N)cn3ccnc23)s1. The number of nitrogens with one attached hydrogen (secondary N) is 1. The van der Waals surface area contributed by atoms with Gasteiger partial charge >= 0.3 is 0 Å². The molecule has 5 nitrogen and oxygen atoms in total. The van der Waals surface area contributed by atoms with Crippen LogP contribution >= 0.6 is 11.3 Å². The van der Waals surface area contributed by atoms with Crippen molar-refractivity contribution in [2.75, 3.05) is 11.1 Å². The van der Waals surface area contributed by atoms with Gasteiger partial charge in [0.15, 0.2) is 11.5 Å². The number of nitrogens with zero attached hydrogens (tertiary/aromatic N) is 3. The number of nitrogens with two attached hydrogens (primary N) is 1. The number of nitrogen functional groups attached to an aromatic ring is 1. The molecule has 0 amide bonds. The van der Waals surface area contributed by atoms with E-state index < -0.39 is 0 Å². The van der Waals surface area contributed by atoms with Crippen molar-refractivity contribution < 1.29 is 0 Å². The Morgan fingerprint density at radius 1 is 1.45 bits per heavy atom. The van der Waals surface area contributed by atoms with Crippen molar-refractivity contribution in [2.45, 2.75) is 26.3 Å². The van der Waals surface area contributed by atoms with E-state index in [0.29, 0.717) is 5.82 Å². The normalized spacial score (nSPS) is 12.7. The second kappa shape index (κ2) is 5.13. The highest BCUT2D eigenvalue weighted by atomic mass is 32.1. The molecule has 3 heterocycles. The van der Waals surface area contributed by atoms with Crippen LogP contribution in [0, 0.1) is 6.92 Å². The van der Waals surface area contributed by atoms with E-state index in [1.54, 1.807) is 12.4 Å². The van der Waals surface area contributed by atoms with Crippen LogP contribution in [0.15, 0.2) is 30.7 Å². The summed E-state index contributed by atoms with van der Waals surface area (Å²) in [5, 5.41) is 3.40. The van der Waals surface area contributed by atoms with E-state index in [1.165, 1.54) is 9.75 Å². The summed E-state index contributed by atoms with van der Waals surface area (Å²) >= 11 is 1.83. The van der Waals surface area contributed by atoms with Crippen molar-refractivity contribution in [2.24, 2.45) is 0 Å². The maximum Gasteiger partial charge on any atom is 0.180 e. The summed E-state index contributed by atoms with van der Waals surface area (Å²) in [5.41, 5.74) is 6.62. The lowest BCUT2D eigenvalue weighted by molar-refractivity contribution is 0.794. The third-order valence-electron chi connectivity index (χ3n) is 3.08. The molecule has 6 heteroatoms. The summed E-state index contributed by atoms with van der Waals surface area (Å²) in [6, 6.07) is 4.59. The fourth-order valence-corrected chi connectivity index (χ4v) is 3.25. The number of hydrogen-bond acceptors (Lipinski definition) is 5. The summed E-state index contributed by atoms with van der Waals surface area (Å²) < 4.78 is 1.88. The summed E-state index contributed by atoms with van der Waals surface area (Å²) in [7, 11) is 0. The molecule has 0 radical (unpaired) electrons. The molecule has 0 fully saturated rings. The van der Waals surface area contributed by atoms with Gasteiger partial charge in [0.1, 0.15) is 5.82 Å². The van der Waals surface area contributed by atoms with E-state index in [2.05, 4.69) is 41.3 Å². The van der Waals surface area contributed by atoms with Gasteiger partial charge in [0.2, 0.25) is 0 Å². The lowest BCUT2D eigenvalue weighted by Gasteiger charge is -2.14. The second-order valence-corrected chi connectivity index (χ2v) is 6.31. The van der Waals surface area contributed by atoms with Gasteiger partial charge in [-0.15, -0.1) is 11.3 Å². The average molecular weight is 287 g/mol. The van der Waals surface area contributed by atoms with Crippen molar-refractivity contribution in [1.29, 1.82) is 0 Å². The van der Waals surface area contributed by atoms with Crippen LogP contribution < -0.4 is 11.1 Å². The minimum atomic E-state index is 0.267. The fourth-order valence-electron chi connectivity index (χ4n) is 2.23. The van der Waals surface area contributed by atoms with Crippen molar-refractivity contribution in [3.05, 3.63) is 40.5 Å². The largest absolute Gasteiger partial charge is 0.382 e. The Morgan fingerprint density at radius 2 is 2.30 bits per heavy atom. The van der Waals surface area contributed by atoms with Crippen molar-refractivity contribution >= 4 is 28.6 Å². The topological polar surface area (TPSA) is 68.2 Å². The number of imidazole rings is 1. The Morgan fingerprint density at radius 3 is 3.05 bits per heavy atom. The van der Waals surface area contributed by atoms with Crippen LogP contribution in [0.5, 0.6) is 0 Å². The molecule has 3 rings (SSSR count). The van der Waals surface area contributed by atoms with Crippen molar-refractivity contribution in [1.82, 2.24) is 14.4 Å². The molecule has 1 atom stereocenters. The minimum Gasteiger partial charge on any atom is -0.382 e. The smallest absolute Gasteiger partial charge is 0.180 e. The van der Waals surface area contributed by atoms with Gasteiger partial charge in [-0.2, -0.15) is 0 Å². The number of thiophene rings is 1. The summed E-state index contributed by atoms with van der Waals surface area (Å²) in [4.78, 5) is 11.4. The van der Waals surface area contributed by atoms with E-state index in [1.807, 2.05) is 21.9 Å². The fraction of sp³-hybridized carbons (Fsp3) is 0.286. The van der Waals surface area contributed by atoms with E-state index >= 15 is 0 Å². The van der Waals surface area contributed by atoms with Crippen molar-refractivity contribution in [3.8, 4) is 0 Å². The first kappa shape index (κ1) is 12.9. The van der Waals surface area contributed by atoms with Crippen molar-refractivity contribution in [3.63, 3.8) is 0 Å². The molecule has 0 aliphatic rings. The van der Waals surface area contributed by atoms with Gasteiger partial charge in [0, 0.05) is 34.6 Å². The Kier molecular flexibility index (Phi) is 3.31. The van der Waals surface area contributed by atoms with Gasteiger partial charge in [-0.05, 0) is 26.0 Å². The van der Waals surface area contributed by atoms with Gasteiger partial charge in [-0.25, -0.2) is 9.97 Å². The first-order valence-electron chi connectivity index (χ1n) is 6.53. The molecular formula is C14H17N5S. The van der Waals surface area contributed by atoms with Gasteiger partial charge in [-0.3, -0.25) is 0 Å². The Bertz CT molecular complexity index is 730. The predicted molar refractivity (Wildman–Crippen MR) is 83.2 cm³/mol. The van der Waals surface area contributed by atoms with E-state index in [4.69, 9.17) is 5.73 Å². The van der Waals surface area contributed by atoms with Crippen LogP contribution in [0.4, 0.5) is 11.6 Å². The molecule has 0 saturated carbocycles. The first-order valence-corrected chi connectivity index (χ1v) is 7.34. The lowest BCUT2D eigenvalue weighted by Crippen LogP contribution is -2.19. The predicted octanol–water partition coefficient (Wildman–Crippen LogP) is 2.72. The number of anilines is 2. The van der Waals surface area contributed by atoms with Crippen LogP contribution in [0.25, 0.3) is 5.65 Å². The molecule has 0 aliphatic heterocycles. The number of fused-ring (bicyclic) bond motifs is 1. The highest BCUT2D eigenvalue weighted by Gasteiger charge is 2.11. The Balaban J connectivity index is 1.80. The van der Waals surface area contributed by atoms with Gasteiger partial charge < -0.3 is 15.5 Å². The molecule has 0 saturated heterocycles. The summed E-state index contributed by atoms with van der Waals surface area (Å²) in [5.74, 6) is 1.22. The maximum absolute atomic E-state index is 5.82. The highest BCUT2D eigenvalue weighted by Crippen LogP contribution is 2.20. The van der Waals surface area contributed by atoms with Crippen LogP contribution in [-0.2, 0) is 6.42 Å². The first-order chi connectivity index (χ1) is 9.61. The zero-order chi connectivity index (χ0) is 14.1. The monoisotopic (exact) mass is 287 g/mol. The van der Waals surface area contributed by atoms with E-state index in [9.17, 15) is 0 Å². The molecule has 3 N–H and O–H groups in total. The third kappa shape index (κ3) is 2.60. The Labute approximate surface area is 121 Å². The molecule has 1 unspecified atom stereocenters. The van der Waals surface area contributed by atoms with Gasteiger partial charge in [0.05, 0.1) is 6.20 Å². The molecular weight excluding hydrogens is 270 g/mol. The minimum absolute atomic E-state index is 0.267.